The molecule has 0 saturated carbocycles. The molecule has 0 bridgehead atoms. The van der Waals surface area contributed by atoms with E-state index in [9.17, 15) is 14.4 Å². The van der Waals surface area contributed by atoms with E-state index in [0.29, 0.717) is 11.3 Å². The van der Waals surface area contributed by atoms with Crippen LogP contribution in [0.5, 0.6) is 5.75 Å². The first-order chi connectivity index (χ1) is 11.2. The van der Waals surface area contributed by atoms with Crippen LogP contribution in [0.4, 0.5) is 0 Å². The molecule has 0 fully saturated rings. The number of ether oxygens (including phenoxy) is 2. The number of hydrogen-bond acceptors (Lipinski definition) is 5. The number of carbonyl (C=O) groups excluding carboxylic acids is 2. The topological polar surface area (TPSA) is 89.9 Å². The molecule has 0 heterocycles. The molecule has 1 N–H and O–H groups in total. The normalized spacial score (nSPS) is 11.1. The number of rotatable bonds is 3. The third kappa shape index (κ3) is 4.32. The average molecular weight is 330 g/mol. The third-order valence-corrected chi connectivity index (χ3v) is 3.24. The van der Waals surface area contributed by atoms with Gasteiger partial charge in [0.15, 0.2) is 0 Å². The molecule has 2 aromatic carbocycles. The maximum Gasteiger partial charge on any atom is 0.417 e. The van der Waals surface area contributed by atoms with Crippen molar-refractivity contribution in [3.8, 4) is 5.75 Å². The van der Waals surface area contributed by atoms with Crippen LogP contribution in [0.25, 0.3) is 10.8 Å². The number of hydrogen-bond donors (Lipinski definition) is 1. The van der Waals surface area contributed by atoms with Crippen molar-refractivity contribution in [1.29, 1.82) is 0 Å². The number of carboxylic acids is 1. The summed E-state index contributed by atoms with van der Waals surface area (Å²) >= 11 is 0. The zero-order chi connectivity index (χ0) is 17.9. The summed E-state index contributed by atoms with van der Waals surface area (Å²) in [7, 11) is 0. The monoisotopic (exact) mass is 330 g/mol. The molecule has 0 aliphatic carbocycles. The quantitative estimate of drug-likeness (QED) is 0.529. The number of fused-ring (bicyclic) bond motifs is 1. The lowest BCUT2D eigenvalue weighted by atomic mass is 9.97. The van der Waals surface area contributed by atoms with Gasteiger partial charge in [0.25, 0.3) is 0 Å². The Kier molecular flexibility index (Phi) is 4.87. The highest BCUT2D eigenvalue weighted by Gasteiger charge is 2.23. The fourth-order valence-electron chi connectivity index (χ4n) is 1.90. The van der Waals surface area contributed by atoms with Gasteiger partial charge in [-0.3, -0.25) is 4.79 Å². The Morgan fingerprint density at radius 1 is 1.00 bits per heavy atom. The highest BCUT2D eigenvalue weighted by Crippen LogP contribution is 2.25. The van der Waals surface area contributed by atoms with Gasteiger partial charge in [0.2, 0.25) is 0 Å². The molecule has 24 heavy (non-hydrogen) atoms. The van der Waals surface area contributed by atoms with Gasteiger partial charge in [-0.25, -0.2) is 9.59 Å². The Morgan fingerprint density at radius 3 is 2.25 bits per heavy atom. The van der Waals surface area contributed by atoms with Crippen molar-refractivity contribution in [3.05, 3.63) is 42.0 Å². The second-order valence-electron chi connectivity index (χ2n) is 6.36. The summed E-state index contributed by atoms with van der Waals surface area (Å²) in [5.41, 5.74) is 0.0730. The lowest BCUT2D eigenvalue weighted by Crippen LogP contribution is -2.25. The molecule has 126 valence electrons. The second kappa shape index (κ2) is 6.70. The summed E-state index contributed by atoms with van der Waals surface area (Å²) in [5, 5.41) is 10.2. The first-order valence-corrected chi connectivity index (χ1v) is 7.32. The Balaban J connectivity index is 2.15. The standard InChI is InChI=1S/C18H18O6/c1-18(2,3)17(22)24-14-7-6-12-8-11(4-5-13(12)9-14)10-23-16(21)15(19)20/h4-9H,10H2,1-3H3,(H,19,20). The predicted octanol–water partition coefficient (Wildman–Crippen LogP) is 2.92. The summed E-state index contributed by atoms with van der Waals surface area (Å²) in [6, 6.07) is 10.5. The van der Waals surface area contributed by atoms with Gasteiger partial charge in [-0.1, -0.05) is 18.2 Å². The first kappa shape index (κ1) is 17.5. The molecular weight excluding hydrogens is 312 g/mol. The highest BCUT2D eigenvalue weighted by molar-refractivity contribution is 6.28. The Hall–Kier alpha value is -2.89. The van der Waals surface area contributed by atoms with E-state index >= 15 is 0 Å². The van der Waals surface area contributed by atoms with Crippen molar-refractivity contribution in [2.24, 2.45) is 5.41 Å². The minimum Gasteiger partial charge on any atom is -0.473 e. The minimum absolute atomic E-state index is 0.123. The smallest absolute Gasteiger partial charge is 0.417 e. The Labute approximate surface area is 139 Å². The van der Waals surface area contributed by atoms with Gasteiger partial charge in [-0.05, 0) is 55.3 Å². The summed E-state index contributed by atoms with van der Waals surface area (Å²) in [6.07, 6.45) is 0. The van der Waals surface area contributed by atoms with Gasteiger partial charge in [-0.15, -0.1) is 0 Å². The van der Waals surface area contributed by atoms with Crippen molar-refractivity contribution < 1.29 is 29.0 Å². The average Bonchev–Trinajstić information content (AvgIpc) is 2.51. The zero-order valence-corrected chi connectivity index (χ0v) is 13.7. The molecule has 2 aromatic rings. The molecule has 0 unspecified atom stereocenters. The van der Waals surface area contributed by atoms with Crippen LogP contribution in [0, 0.1) is 5.41 Å². The Morgan fingerprint density at radius 2 is 1.62 bits per heavy atom. The maximum absolute atomic E-state index is 11.9. The maximum atomic E-state index is 11.9. The predicted molar refractivity (Wildman–Crippen MR) is 86.5 cm³/mol. The fourth-order valence-corrected chi connectivity index (χ4v) is 1.90. The lowest BCUT2D eigenvalue weighted by Gasteiger charge is -2.16. The van der Waals surface area contributed by atoms with Crippen molar-refractivity contribution >= 4 is 28.7 Å². The molecule has 0 amide bonds. The molecule has 0 saturated heterocycles. The van der Waals surface area contributed by atoms with E-state index in [-0.39, 0.29) is 12.6 Å². The van der Waals surface area contributed by atoms with Gasteiger partial charge in [0.05, 0.1) is 5.41 Å². The van der Waals surface area contributed by atoms with Crippen molar-refractivity contribution in [2.45, 2.75) is 27.4 Å². The van der Waals surface area contributed by atoms with Gasteiger partial charge < -0.3 is 14.6 Å². The van der Waals surface area contributed by atoms with E-state index in [4.69, 9.17) is 9.84 Å². The van der Waals surface area contributed by atoms with Crippen molar-refractivity contribution in [2.75, 3.05) is 0 Å². The lowest BCUT2D eigenvalue weighted by molar-refractivity contribution is -0.164. The molecular formula is C18H18O6. The third-order valence-electron chi connectivity index (χ3n) is 3.24. The van der Waals surface area contributed by atoms with Crippen LogP contribution < -0.4 is 4.74 Å². The molecule has 0 aliphatic rings. The first-order valence-electron chi connectivity index (χ1n) is 7.32. The van der Waals surface area contributed by atoms with Crippen molar-refractivity contribution in [1.82, 2.24) is 0 Å². The molecule has 0 aromatic heterocycles. The Bertz CT molecular complexity index is 801. The molecule has 2 rings (SSSR count). The van der Waals surface area contributed by atoms with E-state index in [1.807, 2.05) is 0 Å². The van der Waals surface area contributed by atoms with Gasteiger partial charge in [0, 0.05) is 0 Å². The number of carbonyl (C=O) groups is 3. The number of benzene rings is 2. The molecule has 6 heteroatoms. The summed E-state index contributed by atoms with van der Waals surface area (Å²) < 4.78 is 9.99. The van der Waals surface area contributed by atoms with E-state index in [0.717, 1.165) is 10.8 Å². The SMILES string of the molecule is CC(C)(C)C(=O)Oc1ccc2cc(COC(=O)C(=O)O)ccc2c1. The molecule has 0 aliphatic heterocycles. The van der Waals surface area contributed by atoms with Crippen LogP contribution in [-0.2, 0) is 25.7 Å². The van der Waals surface area contributed by atoms with E-state index in [1.54, 1.807) is 57.2 Å². The number of esters is 2. The largest absolute Gasteiger partial charge is 0.473 e. The van der Waals surface area contributed by atoms with Crippen molar-refractivity contribution in [3.63, 3.8) is 0 Å². The molecule has 0 radical (unpaired) electrons. The van der Waals surface area contributed by atoms with Crippen LogP contribution in [0.1, 0.15) is 26.3 Å². The van der Waals surface area contributed by atoms with Crippen LogP contribution in [0.2, 0.25) is 0 Å². The van der Waals surface area contributed by atoms with Crippen LogP contribution in [-0.4, -0.2) is 23.0 Å². The molecule has 6 nitrogen and oxygen atoms in total. The second-order valence-corrected chi connectivity index (χ2v) is 6.36. The van der Waals surface area contributed by atoms with E-state index in [2.05, 4.69) is 4.74 Å². The van der Waals surface area contributed by atoms with E-state index < -0.39 is 17.4 Å². The fraction of sp³-hybridized carbons (Fsp3) is 0.278. The number of carboxylic acid groups (broad SMARTS) is 1. The summed E-state index contributed by atoms with van der Waals surface area (Å²) in [5.74, 6) is -2.79. The molecule has 0 spiro atoms. The van der Waals surface area contributed by atoms with Crippen LogP contribution in [0.15, 0.2) is 36.4 Å². The van der Waals surface area contributed by atoms with Gasteiger partial charge in [0.1, 0.15) is 12.4 Å². The summed E-state index contributed by atoms with van der Waals surface area (Å²) in [6.45, 7) is 5.21. The zero-order valence-electron chi connectivity index (χ0n) is 13.7. The minimum atomic E-state index is -1.62. The van der Waals surface area contributed by atoms with E-state index in [1.165, 1.54) is 0 Å². The van der Waals surface area contributed by atoms with Gasteiger partial charge >= 0.3 is 17.9 Å². The van der Waals surface area contributed by atoms with Crippen LogP contribution in [0.3, 0.4) is 0 Å². The molecule has 0 atom stereocenters. The van der Waals surface area contributed by atoms with Crippen LogP contribution >= 0.6 is 0 Å². The highest BCUT2D eigenvalue weighted by atomic mass is 16.6. The summed E-state index contributed by atoms with van der Waals surface area (Å²) in [4.78, 5) is 33.3. The number of aliphatic carboxylic acids is 1. The van der Waals surface area contributed by atoms with Gasteiger partial charge in [-0.2, -0.15) is 0 Å².